The molecule has 0 bridgehead atoms. The minimum absolute atomic E-state index is 0.00101. The number of benzene rings is 1. The molecule has 0 saturated carbocycles. The molecule has 4 rings (SSSR count). The Bertz CT molecular complexity index is 1320. The number of aliphatic hydroxyl groups is 3. The van der Waals surface area contributed by atoms with Crippen LogP contribution in [0.4, 0.5) is 0 Å². The Morgan fingerprint density at radius 2 is 1.72 bits per heavy atom. The van der Waals surface area contributed by atoms with Crippen LogP contribution >= 0.6 is 0 Å². The van der Waals surface area contributed by atoms with Crippen LogP contribution in [0.5, 0.6) is 5.75 Å². The Morgan fingerprint density at radius 1 is 1.11 bits per heavy atom. The lowest BCUT2D eigenvalue weighted by atomic mass is 9.44. The first-order chi connectivity index (χ1) is 16.6. The van der Waals surface area contributed by atoms with Gasteiger partial charge in [0.2, 0.25) is 5.78 Å². The van der Waals surface area contributed by atoms with Gasteiger partial charge in [0.25, 0.3) is 0 Å². The van der Waals surface area contributed by atoms with Gasteiger partial charge in [-0.3, -0.25) is 14.4 Å². The van der Waals surface area contributed by atoms with Crippen LogP contribution in [0.2, 0.25) is 0 Å². The Labute approximate surface area is 208 Å². The zero-order chi connectivity index (χ0) is 27.1. The number of rotatable bonds is 3. The van der Waals surface area contributed by atoms with Crippen LogP contribution in [0.1, 0.15) is 67.3 Å². The van der Waals surface area contributed by atoms with Crippen LogP contribution in [-0.2, 0) is 20.7 Å². The standard InChI is InChI=1S/C27H30O9/c1-11(2)18-20(30)16(12(3)28)22(32)27(35)23(33)19-21(31)17-14(9-25(19,4)10-26(18,27)5)13(24(34)36-6)7-8-15(17)29/h7-8,11,18,29-30,33,35H,9-10H2,1-6H3/t18?,25-,26-,27+/m1/s1. The van der Waals surface area contributed by atoms with Crippen LogP contribution in [-0.4, -0.2) is 56.5 Å². The van der Waals surface area contributed by atoms with Gasteiger partial charge >= 0.3 is 5.97 Å². The number of Topliss-reactive ketones (excluding diaryl/α,β-unsaturated/α-hetero) is 3. The van der Waals surface area contributed by atoms with E-state index < -0.39 is 68.5 Å². The number of phenols is 1. The van der Waals surface area contributed by atoms with Crippen LogP contribution in [0, 0.1) is 22.7 Å². The highest BCUT2D eigenvalue weighted by molar-refractivity contribution is 6.25. The number of allylic oxidation sites excluding steroid dienone is 2. The first kappa shape index (κ1) is 25.6. The molecule has 1 aromatic carbocycles. The van der Waals surface area contributed by atoms with E-state index >= 15 is 0 Å². The smallest absolute Gasteiger partial charge is 0.338 e. The molecule has 192 valence electrons. The lowest BCUT2D eigenvalue weighted by Crippen LogP contribution is -2.67. The molecule has 3 aliphatic carbocycles. The van der Waals surface area contributed by atoms with E-state index in [0.717, 1.165) is 6.92 Å². The number of carbonyl (C=O) groups is 4. The van der Waals surface area contributed by atoms with E-state index in [4.69, 9.17) is 4.74 Å². The van der Waals surface area contributed by atoms with Crippen molar-refractivity contribution in [2.45, 2.75) is 53.1 Å². The third-order valence-corrected chi connectivity index (χ3v) is 8.30. The van der Waals surface area contributed by atoms with Crippen molar-refractivity contribution >= 4 is 23.3 Å². The molecule has 0 spiro atoms. The second kappa shape index (κ2) is 7.77. The number of aliphatic hydroxyl groups excluding tert-OH is 2. The van der Waals surface area contributed by atoms with Gasteiger partial charge in [-0.15, -0.1) is 0 Å². The summed E-state index contributed by atoms with van der Waals surface area (Å²) in [6.45, 7) is 7.81. The number of fused-ring (bicyclic) bond motifs is 3. The van der Waals surface area contributed by atoms with Crippen molar-refractivity contribution in [1.82, 2.24) is 0 Å². The van der Waals surface area contributed by atoms with Crippen LogP contribution < -0.4 is 0 Å². The Kier molecular flexibility index (Phi) is 5.53. The van der Waals surface area contributed by atoms with Gasteiger partial charge in [-0.05, 0) is 43.4 Å². The summed E-state index contributed by atoms with van der Waals surface area (Å²) >= 11 is 0. The minimum Gasteiger partial charge on any atom is -0.511 e. The van der Waals surface area contributed by atoms with E-state index in [1.807, 2.05) is 0 Å². The molecular formula is C27H30O9. The third-order valence-electron chi connectivity index (χ3n) is 8.30. The van der Waals surface area contributed by atoms with Gasteiger partial charge in [0.1, 0.15) is 22.8 Å². The van der Waals surface area contributed by atoms with E-state index in [9.17, 15) is 39.6 Å². The summed E-state index contributed by atoms with van der Waals surface area (Å²) in [5, 5.41) is 45.2. The maximum Gasteiger partial charge on any atom is 0.338 e. The van der Waals surface area contributed by atoms with E-state index in [1.54, 1.807) is 27.7 Å². The summed E-state index contributed by atoms with van der Waals surface area (Å²) in [6, 6.07) is 2.51. The highest BCUT2D eigenvalue weighted by Crippen LogP contribution is 2.65. The van der Waals surface area contributed by atoms with Crippen molar-refractivity contribution in [1.29, 1.82) is 0 Å². The number of hydrogen-bond acceptors (Lipinski definition) is 9. The lowest BCUT2D eigenvalue weighted by molar-refractivity contribution is -0.171. The van der Waals surface area contributed by atoms with Crippen molar-refractivity contribution in [3.05, 3.63) is 51.5 Å². The number of ketones is 3. The van der Waals surface area contributed by atoms with E-state index in [0.29, 0.717) is 0 Å². The maximum absolute atomic E-state index is 13.8. The number of ether oxygens (including phenoxy) is 1. The molecule has 0 amide bonds. The molecule has 3 aliphatic rings. The first-order valence-electron chi connectivity index (χ1n) is 11.7. The Balaban J connectivity index is 2.08. The van der Waals surface area contributed by atoms with Gasteiger partial charge < -0.3 is 25.2 Å². The molecule has 1 aromatic rings. The molecule has 36 heavy (non-hydrogen) atoms. The largest absolute Gasteiger partial charge is 0.511 e. The normalized spacial score (nSPS) is 31.7. The van der Waals surface area contributed by atoms with Crippen molar-refractivity contribution in [3.8, 4) is 5.75 Å². The topological polar surface area (TPSA) is 158 Å². The third kappa shape index (κ3) is 2.92. The molecule has 4 N–H and O–H groups in total. The predicted molar refractivity (Wildman–Crippen MR) is 127 cm³/mol. The number of aromatic hydroxyl groups is 1. The fourth-order valence-electron chi connectivity index (χ4n) is 7.03. The number of hydrogen-bond donors (Lipinski definition) is 4. The molecule has 1 unspecified atom stereocenters. The fourth-order valence-corrected chi connectivity index (χ4v) is 7.03. The Morgan fingerprint density at radius 3 is 2.25 bits per heavy atom. The quantitative estimate of drug-likeness (QED) is 0.363. The summed E-state index contributed by atoms with van der Waals surface area (Å²) < 4.78 is 4.85. The molecule has 9 heteroatoms. The van der Waals surface area contributed by atoms with Gasteiger partial charge in [0, 0.05) is 22.3 Å². The molecule has 0 fully saturated rings. The van der Waals surface area contributed by atoms with Gasteiger partial charge in [-0.1, -0.05) is 27.7 Å². The monoisotopic (exact) mass is 498 g/mol. The van der Waals surface area contributed by atoms with Gasteiger partial charge in [-0.2, -0.15) is 0 Å². The first-order valence-corrected chi connectivity index (χ1v) is 11.7. The summed E-state index contributed by atoms with van der Waals surface area (Å²) in [5.41, 5.74) is -6.20. The number of esters is 1. The average molecular weight is 499 g/mol. The molecule has 0 aromatic heterocycles. The molecule has 0 aliphatic heterocycles. The maximum atomic E-state index is 13.8. The molecule has 0 radical (unpaired) electrons. The summed E-state index contributed by atoms with van der Waals surface area (Å²) in [4.78, 5) is 52.2. The second-order valence-corrected chi connectivity index (χ2v) is 10.9. The molecular weight excluding hydrogens is 468 g/mol. The molecule has 4 atom stereocenters. The average Bonchev–Trinajstić information content (AvgIpc) is 2.75. The van der Waals surface area contributed by atoms with Crippen molar-refractivity contribution < 1.29 is 44.3 Å². The van der Waals surface area contributed by atoms with E-state index in [-0.39, 0.29) is 41.0 Å². The minimum atomic E-state index is -2.67. The number of carbonyl (C=O) groups excluding carboxylic acids is 4. The highest BCUT2D eigenvalue weighted by Gasteiger charge is 2.71. The zero-order valence-corrected chi connectivity index (χ0v) is 21.1. The van der Waals surface area contributed by atoms with Crippen LogP contribution in [0.3, 0.4) is 0 Å². The zero-order valence-electron chi connectivity index (χ0n) is 21.1. The van der Waals surface area contributed by atoms with Crippen molar-refractivity contribution in [2.75, 3.05) is 7.11 Å². The fraction of sp³-hybridized carbons (Fsp3) is 0.481. The summed E-state index contributed by atoms with van der Waals surface area (Å²) in [6.07, 6.45) is -0.0534. The lowest BCUT2D eigenvalue weighted by Gasteiger charge is -2.59. The van der Waals surface area contributed by atoms with Crippen LogP contribution in [0.15, 0.2) is 34.8 Å². The molecule has 0 saturated heterocycles. The number of phenolic OH excluding ortho intramolecular Hbond substituents is 1. The van der Waals surface area contributed by atoms with Crippen molar-refractivity contribution in [3.63, 3.8) is 0 Å². The van der Waals surface area contributed by atoms with E-state index in [1.165, 1.54) is 19.2 Å². The SMILES string of the molecule is COC(=O)c1ccc(O)c2c1C[C@]1(C)C[C@]3(C)C(C(C)C)C(O)=C(C(C)=O)C(=O)[C@]3(O)C(O)=C1C2=O. The molecule has 9 nitrogen and oxygen atoms in total. The van der Waals surface area contributed by atoms with Gasteiger partial charge in [0.05, 0.1) is 18.2 Å². The number of methoxy groups -OCH3 is 1. The van der Waals surface area contributed by atoms with Gasteiger partial charge in [-0.25, -0.2) is 4.79 Å². The van der Waals surface area contributed by atoms with Crippen LogP contribution in [0.25, 0.3) is 0 Å². The highest BCUT2D eigenvalue weighted by atomic mass is 16.5. The Hall–Kier alpha value is -3.46. The second-order valence-electron chi connectivity index (χ2n) is 10.9. The summed E-state index contributed by atoms with van der Waals surface area (Å²) in [5.74, 6) is -6.57. The van der Waals surface area contributed by atoms with E-state index in [2.05, 4.69) is 0 Å². The van der Waals surface area contributed by atoms with Crippen molar-refractivity contribution in [2.24, 2.45) is 22.7 Å². The predicted octanol–water partition coefficient (Wildman–Crippen LogP) is 3.13. The summed E-state index contributed by atoms with van der Waals surface area (Å²) in [7, 11) is 1.19. The molecule has 0 heterocycles. The van der Waals surface area contributed by atoms with Gasteiger partial charge in [0.15, 0.2) is 17.2 Å².